The van der Waals surface area contributed by atoms with E-state index in [1.807, 2.05) is 0 Å². The van der Waals surface area contributed by atoms with Crippen LogP contribution in [0.1, 0.15) is 39.0 Å². The van der Waals surface area contributed by atoms with E-state index < -0.39 is 0 Å². The monoisotopic (exact) mass is 184 g/mol. The lowest BCUT2D eigenvalue weighted by Crippen LogP contribution is -2.50. The van der Waals surface area contributed by atoms with Crippen molar-refractivity contribution in [1.29, 1.82) is 0 Å². The van der Waals surface area contributed by atoms with Gasteiger partial charge >= 0.3 is 0 Å². The summed E-state index contributed by atoms with van der Waals surface area (Å²) in [6.45, 7) is 4.49. The quantitative estimate of drug-likeness (QED) is 0.711. The molecule has 13 heavy (non-hydrogen) atoms. The van der Waals surface area contributed by atoms with Crippen molar-refractivity contribution in [3.8, 4) is 0 Å². The molecular formula is C11H20O2. The van der Waals surface area contributed by atoms with Gasteiger partial charge in [-0.3, -0.25) is 0 Å². The zero-order valence-corrected chi connectivity index (χ0v) is 8.51. The number of aliphatic hydroxyl groups is 1. The highest BCUT2D eigenvalue weighted by molar-refractivity contribution is 5.01. The van der Waals surface area contributed by atoms with Crippen LogP contribution in [0.15, 0.2) is 0 Å². The number of aliphatic hydroxyl groups excluding tert-OH is 1. The maximum Gasteiger partial charge on any atom is 0.0492 e. The molecule has 1 aliphatic carbocycles. The minimum absolute atomic E-state index is 0.247. The lowest BCUT2D eigenvalue weighted by Gasteiger charge is -2.55. The fourth-order valence-corrected chi connectivity index (χ4v) is 2.91. The number of hydrogen-bond donors (Lipinski definition) is 1. The van der Waals surface area contributed by atoms with Crippen molar-refractivity contribution >= 4 is 0 Å². The minimum Gasteiger partial charge on any atom is -0.396 e. The summed E-state index contributed by atoms with van der Waals surface area (Å²) < 4.78 is 5.39. The van der Waals surface area contributed by atoms with E-state index in [4.69, 9.17) is 4.74 Å². The van der Waals surface area contributed by atoms with Crippen molar-refractivity contribution in [1.82, 2.24) is 0 Å². The van der Waals surface area contributed by atoms with Crippen LogP contribution in [0.4, 0.5) is 0 Å². The average molecular weight is 184 g/mol. The number of ether oxygens (including phenoxy) is 1. The standard InChI is InChI=1S/C11H20O2/c1-10(5-7-13-8-6-10)11(9-12)3-2-4-11/h12H,2-9H2,1H3. The molecule has 0 aromatic rings. The van der Waals surface area contributed by atoms with E-state index in [9.17, 15) is 5.11 Å². The Labute approximate surface area is 80.3 Å². The molecule has 0 spiro atoms. The van der Waals surface area contributed by atoms with E-state index in [1.165, 1.54) is 19.3 Å². The van der Waals surface area contributed by atoms with E-state index in [0.717, 1.165) is 26.1 Å². The Balaban J connectivity index is 2.10. The van der Waals surface area contributed by atoms with E-state index in [0.29, 0.717) is 12.0 Å². The average Bonchev–Trinajstić information content (AvgIpc) is 2.04. The van der Waals surface area contributed by atoms with Crippen LogP contribution in [-0.2, 0) is 4.74 Å². The summed E-state index contributed by atoms with van der Waals surface area (Å²) in [5, 5.41) is 9.51. The molecule has 0 amide bonds. The van der Waals surface area contributed by atoms with Gasteiger partial charge < -0.3 is 9.84 Å². The van der Waals surface area contributed by atoms with Gasteiger partial charge in [0.2, 0.25) is 0 Å². The van der Waals surface area contributed by atoms with Crippen LogP contribution in [0.2, 0.25) is 0 Å². The van der Waals surface area contributed by atoms with Crippen molar-refractivity contribution in [2.45, 2.75) is 39.0 Å². The molecule has 1 aliphatic heterocycles. The van der Waals surface area contributed by atoms with Crippen molar-refractivity contribution in [2.75, 3.05) is 19.8 Å². The molecule has 1 saturated heterocycles. The lowest BCUT2D eigenvalue weighted by atomic mass is 9.51. The second-order valence-corrected chi connectivity index (χ2v) is 4.97. The van der Waals surface area contributed by atoms with Crippen LogP contribution >= 0.6 is 0 Å². The first kappa shape index (κ1) is 9.47. The van der Waals surface area contributed by atoms with Gasteiger partial charge in [0, 0.05) is 19.8 Å². The summed E-state index contributed by atoms with van der Waals surface area (Å²) in [5.41, 5.74) is 0.592. The van der Waals surface area contributed by atoms with Crippen LogP contribution in [0.25, 0.3) is 0 Å². The Hall–Kier alpha value is -0.0800. The van der Waals surface area contributed by atoms with Gasteiger partial charge in [0.25, 0.3) is 0 Å². The molecule has 0 aromatic carbocycles. The summed E-state index contributed by atoms with van der Waals surface area (Å²) in [6.07, 6.45) is 6.01. The van der Waals surface area contributed by atoms with Gasteiger partial charge in [-0.1, -0.05) is 13.3 Å². The maximum atomic E-state index is 9.51. The molecule has 1 saturated carbocycles. The molecule has 76 valence electrons. The highest BCUT2D eigenvalue weighted by atomic mass is 16.5. The predicted molar refractivity (Wildman–Crippen MR) is 51.5 cm³/mol. The van der Waals surface area contributed by atoms with Crippen LogP contribution < -0.4 is 0 Å². The van der Waals surface area contributed by atoms with E-state index in [-0.39, 0.29) is 5.41 Å². The first-order valence-electron chi connectivity index (χ1n) is 5.41. The molecule has 0 radical (unpaired) electrons. The number of rotatable bonds is 2. The van der Waals surface area contributed by atoms with Gasteiger partial charge in [-0.05, 0) is 36.5 Å². The molecular weight excluding hydrogens is 164 g/mol. The zero-order chi connectivity index (χ0) is 9.36. The Morgan fingerprint density at radius 3 is 2.15 bits per heavy atom. The Kier molecular flexibility index (Phi) is 2.37. The smallest absolute Gasteiger partial charge is 0.0492 e. The van der Waals surface area contributed by atoms with Crippen molar-refractivity contribution in [3.63, 3.8) is 0 Å². The van der Waals surface area contributed by atoms with E-state index in [2.05, 4.69) is 6.92 Å². The maximum absolute atomic E-state index is 9.51. The van der Waals surface area contributed by atoms with Crippen LogP contribution in [0, 0.1) is 10.8 Å². The summed E-state index contributed by atoms with van der Waals surface area (Å²) in [5.74, 6) is 0. The first-order chi connectivity index (χ1) is 6.22. The van der Waals surface area contributed by atoms with Gasteiger partial charge in [0.05, 0.1) is 0 Å². The van der Waals surface area contributed by atoms with Crippen molar-refractivity contribution < 1.29 is 9.84 Å². The second kappa shape index (κ2) is 3.25. The van der Waals surface area contributed by atoms with Crippen molar-refractivity contribution in [2.24, 2.45) is 10.8 Å². The fraction of sp³-hybridized carbons (Fsp3) is 1.00. The van der Waals surface area contributed by atoms with E-state index >= 15 is 0 Å². The predicted octanol–water partition coefficient (Wildman–Crippen LogP) is 1.97. The molecule has 0 unspecified atom stereocenters. The minimum atomic E-state index is 0.247. The Bertz CT molecular complexity index is 173. The molecule has 2 rings (SSSR count). The first-order valence-corrected chi connectivity index (χ1v) is 5.41. The van der Waals surface area contributed by atoms with E-state index in [1.54, 1.807) is 0 Å². The van der Waals surface area contributed by atoms with Gasteiger partial charge in [-0.2, -0.15) is 0 Å². The van der Waals surface area contributed by atoms with Crippen molar-refractivity contribution in [3.05, 3.63) is 0 Å². The summed E-state index contributed by atoms with van der Waals surface area (Å²) in [6, 6.07) is 0. The fourth-order valence-electron chi connectivity index (χ4n) is 2.91. The molecule has 2 heteroatoms. The molecule has 2 fully saturated rings. The second-order valence-electron chi connectivity index (χ2n) is 4.97. The largest absolute Gasteiger partial charge is 0.396 e. The molecule has 0 bridgehead atoms. The van der Waals surface area contributed by atoms with Gasteiger partial charge in [-0.25, -0.2) is 0 Å². The molecule has 1 N–H and O–H groups in total. The third-order valence-electron chi connectivity index (χ3n) is 4.49. The Morgan fingerprint density at radius 1 is 1.15 bits per heavy atom. The normalized spacial score (nSPS) is 30.9. The zero-order valence-electron chi connectivity index (χ0n) is 8.51. The summed E-state index contributed by atoms with van der Waals surface area (Å²) in [4.78, 5) is 0. The van der Waals surface area contributed by atoms with Crippen LogP contribution in [0.3, 0.4) is 0 Å². The summed E-state index contributed by atoms with van der Waals surface area (Å²) in [7, 11) is 0. The molecule has 0 atom stereocenters. The molecule has 2 aliphatic rings. The van der Waals surface area contributed by atoms with Gasteiger partial charge in [-0.15, -0.1) is 0 Å². The molecule has 1 heterocycles. The molecule has 2 nitrogen and oxygen atoms in total. The highest BCUT2D eigenvalue weighted by Crippen LogP contribution is 2.57. The third kappa shape index (κ3) is 1.31. The topological polar surface area (TPSA) is 29.5 Å². The third-order valence-corrected chi connectivity index (χ3v) is 4.49. The molecule has 0 aromatic heterocycles. The highest BCUT2D eigenvalue weighted by Gasteiger charge is 2.51. The van der Waals surface area contributed by atoms with Gasteiger partial charge in [0.1, 0.15) is 0 Å². The van der Waals surface area contributed by atoms with Crippen LogP contribution in [-0.4, -0.2) is 24.9 Å². The summed E-state index contributed by atoms with van der Waals surface area (Å²) >= 11 is 0. The number of hydrogen-bond acceptors (Lipinski definition) is 2. The SMILES string of the molecule is CC1(C2(CO)CCC2)CCOCC1. The lowest BCUT2D eigenvalue weighted by molar-refractivity contribution is -0.122. The van der Waals surface area contributed by atoms with Crippen LogP contribution in [0.5, 0.6) is 0 Å². The Morgan fingerprint density at radius 2 is 1.77 bits per heavy atom. The van der Waals surface area contributed by atoms with Gasteiger partial charge in [0.15, 0.2) is 0 Å².